The summed E-state index contributed by atoms with van der Waals surface area (Å²) in [5.74, 6) is -0.0515. The molecule has 0 aliphatic rings. The van der Waals surface area contributed by atoms with Gasteiger partial charge in [-0.3, -0.25) is 9.59 Å². The number of hydrogen-bond acceptors (Lipinski definition) is 4. The summed E-state index contributed by atoms with van der Waals surface area (Å²) in [6, 6.07) is 18.0. The molecule has 0 bridgehead atoms. The molecule has 0 radical (unpaired) electrons. The highest BCUT2D eigenvalue weighted by molar-refractivity contribution is 7.10. The zero-order valence-electron chi connectivity index (χ0n) is 16.4. The van der Waals surface area contributed by atoms with E-state index in [-0.39, 0.29) is 30.7 Å². The Bertz CT molecular complexity index is 1030. The van der Waals surface area contributed by atoms with Crippen molar-refractivity contribution < 1.29 is 14.3 Å². The Balaban J connectivity index is 1.63. The van der Waals surface area contributed by atoms with Crippen molar-refractivity contribution in [3.8, 4) is 5.75 Å². The van der Waals surface area contributed by atoms with Gasteiger partial charge in [0.25, 0.3) is 11.8 Å². The third-order valence-electron chi connectivity index (χ3n) is 4.18. The molecule has 0 saturated carbocycles. The number of rotatable bonds is 8. The SMILES string of the molecule is Cc1ccccc1C(=O)N/C(=C\c1cccs1)C(=O)NCCOc1ccc(Cl)cc1. The molecule has 3 rings (SSSR count). The molecule has 0 atom stereocenters. The summed E-state index contributed by atoms with van der Waals surface area (Å²) < 4.78 is 5.59. The van der Waals surface area contributed by atoms with Crippen LogP contribution in [-0.2, 0) is 4.79 Å². The van der Waals surface area contributed by atoms with Gasteiger partial charge in [0, 0.05) is 15.5 Å². The van der Waals surface area contributed by atoms with Crippen molar-refractivity contribution in [3.05, 3.63) is 92.8 Å². The molecule has 2 aromatic carbocycles. The first kappa shape index (κ1) is 21.6. The Morgan fingerprint density at radius 1 is 1.07 bits per heavy atom. The van der Waals surface area contributed by atoms with Crippen LogP contribution in [0.15, 0.2) is 71.7 Å². The second-order valence-electron chi connectivity index (χ2n) is 6.40. The molecule has 2 N–H and O–H groups in total. The molecular formula is C23H21ClN2O3S. The third-order valence-corrected chi connectivity index (χ3v) is 5.25. The second-order valence-corrected chi connectivity index (χ2v) is 7.82. The molecule has 1 heterocycles. The number of benzene rings is 2. The van der Waals surface area contributed by atoms with Crippen molar-refractivity contribution in [2.24, 2.45) is 0 Å². The fraction of sp³-hybridized carbons (Fsp3) is 0.130. The van der Waals surface area contributed by atoms with Gasteiger partial charge in [-0.2, -0.15) is 0 Å². The summed E-state index contributed by atoms with van der Waals surface area (Å²) in [5.41, 5.74) is 1.54. The summed E-state index contributed by atoms with van der Waals surface area (Å²) in [7, 11) is 0. The number of nitrogens with one attached hydrogen (secondary N) is 2. The van der Waals surface area contributed by atoms with Crippen LogP contribution in [0.25, 0.3) is 6.08 Å². The quantitative estimate of drug-likeness (QED) is 0.395. The van der Waals surface area contributed by atoms with E-state index in [0.717, 1.165) is 10.4 Å². The number of amides is 2. The minimum absolute atomic E-state index is 0.178. The van der Waals surface area contributed by atoms with Crippen molar-refractivity contribution in [3.63, 3.8) is 0 Å². The first-order chi connectivity index (χ1) is 14.5. The highest BCUT2D eigenvalue weighted by atomic mass is 35.5. The Kier molecular flexibility index (Phi) is 7.65. The predicted octanol–water partition coefficient (Wildman–Crippen LogP) is 4.68. The lowest BCUT2D eigenvalue weighted by atomic mass is 10.1. The van der Waals surface area contributed by atoms with Gasteiger partial charge in [0.15, 0.2) is 0 Å². The summed E-state index contributed by atoms with van der Waals surface area (Å²) >= 11 is 7.33. The van der Waals surface area contributed by atoms with Gasteiger partial charge in [0.2, 0.25) is 0 Å². The lowest BCUT2D eigenvalue weighted by Crippen LogP contribution is -2.36. The molecule has 0 unspecified atom stereocenters. The van der Waals surface area contributed by atoms with E-state index in [1.54, 1.807) is 42.5 Å². The fourth-order valence-corrected chi connectivity index (χ4v) is 3.43. The van der Waals surface area contributed by atoms with Gasteiger partial charge in [-0.25, -0.2) is 0 Å². The topological polar surface area (TPSA) is 67.4 Å². The first-order valence-corrected chi connectivity index (χ1v) is 10.6. The molecule has 0 saturated heterocycles. The van der Waals surface area contributed by atoms with E-state index < -0.39 is 0 Å². The second kappa shape index (κ2) is 10.6. The standard InChI is InChI=1S/C23H21ClN2O3S/c1-16-5-2-3-7-20(16)22(27)26-21(15-19-6-4-14-30-19)23(28)25-12-13-29-18-10-8-17(24)9-11-18/h2-11,14-15H,12-13H2,1H3,(H,25,28)(H,26,27)/b21-15-. The largest absolute Gasteiger partial charge is 0.492 e. The van der Waals surface area contributed by atoms with Crippen LogP contribution >= 0.6 is 22.9 Å². The van der Waals surface area contributed by atoms with E-state index >= 15 is 0 Å². The minimum Gasteiger partial charge on any atom is -0.492 e. The summed E-state index contributed by atoms with van der Waals surface area (Å²) in [4.78, 5) is 26.3. The zero-order valence-corrected chi connectivity index (χ0v) is 17.9. The number of carbonyl (C=O) groups is 2. The van der Waals surface area contributed by atoms with Crippen molar-refractivity contribution in [1.82, 2.24) is 10.6 Å². The Labute approximate surface area is 184 Å². The normalized spacial score (nSPS) is 11.1. The molecule has 0 spiro atoms. The van der Waals surface area contributed by atoms with Gasteiger partial charge in [0.05, 0.1) is 6.54 Å². The molecule has 0 fully saturated rings. The lowest BCUT2D eigenvalue weighted by molar-refractivity contribution is -0.117. The van der Waals surface area contributed by atoms with Crippen LogP contribution in [-0.4, -0.2) is 25.0 Å². The Hall–Kier alpha value is -3.09. The first-order valence-electron chi connectivity index (χ1n) is 9.31. The molecule has 30 heavy (non-hydrogen) atoms. The lowest BCUT2D eigenvalue weighted by Gasteiger charge is -2.12. The Morgan fingerprint density at radius 3 is 2.53 bits per heavy atom. The number of aryl methyl sites for hydroxylation is 1. The molecular weight excluding hydrogens is 420 g/mol. The molecule has 7 heteroatoms. The highest BCUT2D eigenvalue weighted by Gasteiger charge is 2.16. The van der Waals surface area contributed by atoms with Gasteiger partial charge in [-0.1, -0.05) is 35.9 Å². The molecule has 154 valence electrons. The monoisotopic (exact) mass is 440 g/mol. The molecule has 0 aliphatic carbocycles. The van der Waals surface area contributed by atoms with Gasteiger partial charge in [-0.05, 0) is 60.3 Å². The smallest absolute Gasteiger partial charge is 0.267 e. The number of ether oxygens (including phenoxy) is 1. The third kappa shape index (κ3) is 6.20. The van der Waals surface area contributed by atoms with Crippen LogP contribution in [0.2, 0.25) is 5.02 Å². The van der Waals surface area contributed by atoms with Crippen LogP contribution in [0, 0.1) is 6.92 Å². The van der Waals surface area contributed by atoms with Crippen molar-refractivity contribution >= 4 is 40.8 Å². The maximum atomic E-state index is 12.7. The van der Waals surface area contributed by atoms with Crippen LogP contribution < -0.4 is 15.4 Å². The number of thiophene rings is 1. The van der Waals surface area contributed by atoms with Crippen LogP contribution in [0.4, 0.5) is 0 Å². The van der Waals surface area contributed by atoms with Crippen LogP contribution in [0.5, 0.6) is 5.75 Å². The highest BCUT2D eigenvalue weighted by Crippen LogP contribution is 2.16. The van der Waals surface area contributed by atoms with Gasteiger partial charge < -0.3 is 15.4 Å². The Morgan fingerprint density at radius 2 is 1.83 bits per heavy atom. The summed E-state index contributed by atoms with van der Waals surface area (Å²) in [5, 5.41) is 8.05. The van der Waals surface area contributed by atoms with Gasteiger partial charge in [-0.15, -0.1) is 11.3 Å². The van der Waals surface area contributed by atoms with Gasteiger partial charge >= 0.3 is 0 Å². The zero-order chi connectivity index (χ0) is 21.3. The van der Waals surface area contributed by atoms with E-state index in [2.05, 4.69) is 10.6 Å². The van der Waals surface area contributed by atoms with E-state index in [1.165, 1.54) is 11.3 Å². The van der Waals surface area contributed by atoms with Gasteiger partial charge in [0.1, 0.15) is 18.1 Å². The van der Waals surface area contributed by atoms with Crippen LogP contribution in [0.3, 0.4) is 0 Å². The van der Waals surface area contributed by atoms with E-state index in [1.807, 2.05) is 36.6 Å². The number of carbonyl (C=O) groups excluding carboxylic acids is 2. The van der Waals surface area contributed by atoms with E-state index in [4.69, 9.17) is 16.3 Å². The number of halogens is 1. The summed E-state index contributed by atoms with van der Waals surface area (Å²) in [6.45, 7) is 2.42. The van der Waals surface area contributed by atoms with Crippen molar-refractivity contribution in [2.75, 3.05) is 13.2 Å². The molecule has 2 amide bonds. The molecule has 1 aromatic heterocycles. The van der Waals surface area contributed by atoms with Crippen molar-refractivity contribution in [1.29, 1.82) is 0 Å². The fourth-order valence-electron chi connectivity index (χ4n) is 2.65. The van der Waals surface area contributed by atoms with E-state index in [9.17, 15) is 9.59 Å². The predicted molar refractivity (Wildman–Crippen MR) is 121 cm³/mol. The molecule has 5 nitrogen and oxygen atoms in total. The maximum Gasteiger partial charge on any atom is 0.267 e. The van der Waals surface area contributed by atoms with Crippen molar-refractivity contribution in [2.45, 2.75) is 6.92 Å². The molecule has 0 aliphatic heterocycles. The minimum atomic E-state index is -0.384. The molecule has 3 aromatic rings. The number of hydrogen-bond donors (Lipinski definition) is 2. The summed E-state index contributed by atoms with van der Waals surface area (Å²) in [6.07, 6.45) is 1.66. The van der Waals surface area contributed by atoms with E-state index in [0.29, 0.717) is 16.3 Å². The maximum absolute atomic E-state index is 12.7. The average Bonchev–Trinajstić information content (AvgIpc) is 3.25. The average molecular weight is 441 g/mol. The van der Waals surface area contributed by atoms with Crippen LogP contribution in [0.1, 0.15) is 20.8 Å².